The smallest absolute Gasteiger partial charge is 0.456 e. The molecule has 35 nitrogen and oxygen atoms in total. The Bertz CT molecular complexity index is 3630. The minimum Gasteiger partial charge on any atom is -0.456 e. The van der Waals surface area contributed by atoms with E-state index in [9.17, 15) is 76.5 Å². The Kier molecular flexibility index (Phi) is 42.9. The van der Waals surface area contributed by atoms with Crippen molar-refractivity contribution in [2.45, 2.75) is 221 Å². The Morgan fingerprint density at radius 1 is 0.741 bits per heavy atom. The lowest BCUT2D eigenvalue weighted by Crippen LogP contribution is -2.57. The summed E-state index contributed by atoms with van der Waals surface area (Å²) in [6, 6.07) is 5.35. The van der Waals surface area contributed by atoms with Crippen LogP contribution in [-0.2, 0) is 97.6 Å². The van der Waals surface area contributed by atoms with Crippen molar-refractivity contribution in [3.05, 3.63) is 88.0 Å². The molecule has 0 saturated heterocycles. The van der Waals surface area contributed by atoms with E-state index in [1.807, 2.05) is 0 Å². The van der Waals surface area contributed by atoms with Crippen LogP contribution in [0.3, 0.4) is 0 Å². The van der Waals surface area contributed by atoms with E-state index in [4.69, 9.17) is 51.1 Å². The van der Waals surface area contributed by atoms with Crippen LogP contribution < -0.4 is 54.0 Å². The molecule has 13 atom stereocenters. The normalized spacial score (nSPS) is 22.2. The number of phosphoric acid groups is 2. The van der Waals surface area contributed by atoms with Gasteiger partial charge in [-0.2, -0.15) is 4.31 Å². The number of benzene rings is 2. The number of nitrogens with two attached hydrogens (primary N) is 2. The van der Waals surface area contributed by atoms with Gasteiger partial charge in [0.05, 0.1) is 25.8 Å². The van der Waals surface area contributed by atoms with Crippen LogP contribution in [0.15, 0.2) is 71.8 Å². The summed E-state index contributed by atoms with van der Waals surface area (Å²) < 4.78 is 62.7. The predicted octanol–water partition coefficient (Wildman–Crippen LogP) is 7.00. The molecule has 112 heavy (non-hydrogen) atoms. The first-order chi connectivity index (χ1) is 52.6. The number of hydrogen-bond acceptors (Lipinski definition) is 22. The third-order valence-corrected chi connectivity index (χ3v) is 21.2. The van der Waals surface area contributed by atoms with Gasteiger partial charge in [0.25, 0.3) is 5.91 Å². The van der Waals surface area contributed by atoms with E-state index in [-0.39, 0.29) is 102 Å². The molecule has 0 fully saturated rings. The first-order valence-electron chi connectivity index (χ1n) is 37.5. The summed E-state index contributed by atoms with van der Waals surface area (Å²) in [5, 5.41) is 21.4. The highest BCUT2D eigenvalue weighted by Gasteiger charge is 2.39. The van der Waals surface area contributed by atoms with Gasteiger partial charge < -0.3 is 92.5 Å². The number of carbonyl (C=O) groups excluding carboxylic acids is 12. The van der Waals surface area contributed by atoms with Gasteiger partial charge in [-0.15, -0.1) is 0 Å². The molecule has 0 radical (unpaired) electrons. The molecule has 38 heteroatoms. The van der Waals surface area contributed by atoms with Gasteiger partial charge in [-0.05, 0) is 151 Å². The highest BCUT2D eigenvalue weighted by molar-refractivity contribution is 7.61. The van der Waals surface area contributed by atoms with Crippen LogP contribution in [-0.4, -0.2) is 199 Å². The van der Waals surface area contributed by atoms with E-state index in [0.717, 1.165) is 9.80 Å². The van der Waals surface area contributed by atoms with Crippen molar-refractivity contribution < 1.29 is 109 Å². The molecular formula is C74H117ClN12O23P2. The molecular weight excluding hydrogens is 1520 g/mol. The van der Waals surface area contributed by atoms with Crippen LogP contribution in [0.1, 0.15) is 165 Å². The number of rotatable bonds is 35. The number of nitrogens with one attached hydrogen (secondary N) is 8. The molecule has 3 rings (SSSR count). The Balaban J connectivity index is 1.63. The fourth-order valence-electron chi connectivity index (χ4n) is 11.1. The lowest BCUT2D eigenvalue weighted by molar-refractivity contribution is -0.155. The summed E-state index contributed by atoms with van der Waals surface area (Å²) >= 11 is 6.17. The standard InChI is InChI=1S/C74H117ClN12O23P2/c1-15-46(7)62-67(92)82-51(12)71(96)109-63(47(8)16-2)49(10)58(34-25-48(9)70(95)107-59(40-44(3)4)65(90)81-50(11)68(93)87(14)57(41-52-26-30-54(75)31-27-52)69(94)86(13)42-60(88)85-62)108-74(99)80-36-20-18-22-39-106-112(102,103)110-111(100,101)105-38-21-17-19-35-79-73(98)104-43-53-28-32-55(33-29-53)83-64(89)56(24-23-37-78-72(77)97)84-66(91)61(76)45(5)6/h16,25-33,44-46,49-51,56-59,61-63H,15,17-24,34-43,76H2,1-14H3,(H,79,98)(H,80,99)(H,81,90)(H,82,92)(H,83,89)(H,84,91)(H,85,88)(H,100,101)(H,102,103)(H3,77,78,97)/b47-16+,48-25+/t46-,49+,50+,51+,56-,57-,58+,59-,61-,62+,63-/m1/s1. The van der Waals surface area contributed by atoms with E-state index in [1.165, 1.54) is 40.9 Å². The monoisotopic (exact) mass is 1640 g/mol. The number of halogens is 1. The van der Waals surface area contributed by atoms with Gasteiger partial charge in [-0.3, -0.25) is 42.6 Å². The van der Waals surface area contributed by atoms with Gasteiger partial charge in [0.1, 0.15) is 49.0 Å². The van der Waals surface area contributed by atoms with Crippen molar-refractivity contribution in [1.29, 1.82) is 0 Å². The summed E-state index contributed by atoms with van der Waals surface area (Å²) in [5.74, 6) is -8.32. The molecule has 2 aromatic carbocycles. The molecule has 2 aromatic rings. The quantitative estimate of drug-likeness (QED) is 0.0109. The number of anilines is 1. The maximum atomic E-state index is 14.4. The number of amides is 11. The van der Waals surface area contributed by atoms with E-state index in [2.05, 4.69) is 46.8 Å². The number of esters is 2. The van der Waals surface area contributed by atoms with Gasteiger partial charge in [-0.25, -0.2) is 33.1 Å². The van der Waals surface area contributed by atoms with Crippen LogP contribution in [0.25, 0.3) is 0 Å². The molecule has 0 aromatic heterocycles. The van der Waals surface area contributed by atoms with Crippen molar-refractivity contribution in [2.75, 3.05) is 58.8 Å². The van der Waals surface area contributed by atoms with Gasteiger partial charge >= 0.3 is 45.8 Å². The number of allylic oxidation sites excluding steroid dienone is 1. The van der Waals surface area contributed by atoms with Crippen LogP contribution in [0, 0.1) is 23.7 Å². The molecule has 2 unspecified atom stereocenters. The number of urea groups is 1. The van der Waals surface area contributed by atoms with E-state index < -0.39 is 167 Å². The third kappa shape index (κ3) is 36.1. The maximum Gasteiger partial charge on any atom is 0.481 e. The number of cyclic esters (lactones) is 2. The molecule has 11 amide bonds. The van der Waals surface area contributed by atoms with Crippen molar-refractivity contribution in [1.82, 2.24) is 47.0 Å². The predicted molar refractivity (Wildman–Crippen MR) is 416 cm³/mol. The molecule has 1 aliphatic heterocycles. The SMILES string of the molecule is C/C=C(\C)[C@H]1OC(=O)[C@H](C)NC(=O)[C@H]([C@H](C)CC)NC(=O)CN(C)C(=O)[C@@H](Cc2ccc(Cl)cc2)N(C)C(=O)[C@H](C)NC(=O)[C@@H](CC(C)C)OC(=O)/C(C)=C/C[C@H](OC(=O)NCCCCCOP(=O)(O)OP(=O)(O)OCCCCCNC(=O)OCc2ccc(NC(=O)[C@@H](CCCNC(N)=O)NC(=O)[C@H](N)C(C)C)cc2)[C@@H]1C. The highest BCUT2D eigenvalue weighted by Crippen LogP contribution is 2.60. The number of unbranched alkanes of at least 4 members (excludes halogenated alkanes) is 4. The van der Waals surface area contributed by atoms with E-state index in [1.54, 1.807) is 117 Å². The second kappa shape index (κ2) is 49.2. The second-order valence-electron chi connectivity index (χ2n) is 28.4. The zero-order valence-electron chi connectivity index (χ0n) is 66.5. The minimum atomic E-state index is -5.14. The number of nitrogens with zero attached hydrogens (tertiary/aromatic N) is 2. The Hall–Kier alpha value is -8.53. The fraction of sp³-hybridized carbons (Fsp3) is 0.622. The molecule has 0 bridgehead atoms. The Morgan fingerprint density at radius 2 is 1.31 bits per heavy atom. The van der Waals surface area contributed by atoms with Crippen LogP contribution in [0.5, 0.6) is 0 Å². The second-order valence-corrected chi connectivity index (χ2v) is 31.9. The van der Waals surface area contributed by atoms with Crippen LogP contribution in [0.2, 0.25) is 5.02 Å². The van der Waals surface area contributed by atoms with Gasteiger partial charge in [0, 0.05) is 68.8 Å². The first-order valence-corrected chi connectivity index (χ1v) is 40.8. The van der Waals surface area contributed by atoms with Crippen molar-refractivity contribution in [3.63, 3.8) is 0 Å². The molecule has 0 aliphatic carbocycles. The van der Waals surface area contributed by atoms with Crippen LogP contribution in [0.4, 0.5) is 20.1 Å². The zero-order valence-corrected chi connectivity index (χ0v) is 69.0. The molecule has 0 spiro atoms. The van der Waals surface area contributed by atoms with Gasteiger partial charge in [0.15, 0.2) is 6.10 Å². The van der Waals surface area contributed by atoms with Crippen LogP contribution >= 0.6 is 27.2 Å². The number of carbonyl (C=O) groups is 12. The highest BCUT2D eigenvalue weighted by atomic mass is 35.5. The number of hydrogen-bond donors (Lipinski definition) is 12. The van der Waals surface area contributed by atoms with Gasteiger partial charge in [0.2, 0.25) is 35.4 Å². The summed E-state index contributed by atoms with van der Waals surface area (Å²) in [7, 11) is -7.52. The van der Waals surface area contributed by atoms with E-state index in [0.29, 0.717) is 53.1 Å². The molecule has 14 N–H and O–H groups in total. The third-order valence-electron chi connectivity index (χ3n) is 18.2. The molecule has 628 valence electrons. The number of ether oxygens (including phenoxy) is 4. The number of primary amides is 1. The Labute approximate surface area is 660 Å². The summed E-state index contributed by atoms with van der Waals surface area (Å²) in [5.41, 5.74) is 13.2. The lowest BCUT2D eigenvalue weighted by atomic mass is 9.90. The number of alkyl carbamates (subject to hydrolysis) is 2. The minimum absolute atomic E-state index is 0.0133. The largest absolute Gasteiger partial charge is 0.481 e. The summed E-state index contributed by atoms with van der Waals surface area (Å²) in [6.45, 7) is 18.6. The van der Waals surface area contributed by atoms with Crippen molar-refractivity contribution >= 4 is 104 Å². The van der Waals surface area contributed by atoms with Gasteiger partial charge in [-0.1, -0.05) is 103 Å². The zero-order chi connectivity index (χ0) is 84.2. The topological polar surface area (TPSA) is 499 Å². The average molecular weight is 1640 g/mol. The first kappa shape index (κ1) is 97.7. The lowest BCUT2D eigenvalue weighted by Gasteiger charge is -2.33. The van der Waals surface area contributed by atoms with Crippen molar-refractivity contribution in [2.24, 2.45) is 35.1 Å². The summed E-state index contributed by atoms with van der Waals surface area (Å²) in [6.07, 6.45) is -0.0914. The number of likely N-dealkylation sites (N-methyl/N-ethyl adjacent to an activating group) is 2. The Morgan fingerprint density at radius 3 is 1.88 bits per heavy atom. The fourth-order valence-corrected chi connectivity index (χ4v) is 13.3. The van der Waals surface area contributed by atoms with Crippen molar-refractivity contribution in [3.8, 4) is 0 Å². The summed E-state index contributed by atoms with van der Waals surface area (Å²) in [4.78, 5) is 185. The molecule has 1 aliphatic rings. The maximum absolute atomic E-state index is 14.4. The number of phosphoric ester groups is 2. The molecule has 0 saturated carbocycles. The average Bonchev–Trinajstić information content (AvgIpc) is 0.830. The molecule has 1 heterocycles. The van der Waals surface area contributed by atoms with E-state index >= 15 is 0 Å².